The monoisotopic (exact) mass is 283 g/mol. The molecule has 2 N–H and O–H groups in total. The summed E-state index contributed by atoms with van der Waals surface area (Å²) < 4.78 is 26.8. The van der Waals surface area contributed by atoms with E-state index in [1.54, 1.807) is 18.4 Å². The third kappa shape index (κ3) is 3.01. The van der Waals surface area contributed by atoms with Crippen LogP contribution in [0.1, 0.15) is 15.3 Å². The van der Waals surface area contributed by atoms with Gasteiger partial charge in [0.1, 0.15) is 0 Å². The van der Waals surface area contributed by atoms with Crippen LogP contribution in [0.3, 0.4) is 0 Å². The van der Waals surface area contributed by atoms with Gasteiger partial charge in [-0.05, 0) is 25.5 Å². The van der Waals surface area contributed by atoms with Crippen LogP contribution in [-0.4, -0.2) is 12.0 Å². The standard InChI is InChI=1S/C13H15F2N3S/c1-7-4-9(19-8(7)2)6-17-13-11(15)5-10(14)12(16-3)18-13/h4-5H,6H2,1-3H3,(H2,16,17,18). The molecule has 0 aliphatic carbocycles. The number of halogens is 2. The zero-order valence-electron chi connectivity index (χ0n) is 11.0. The summed E-state index contributed by atoms with van der Waals surface area (Å²) in [7, 11) is 1.54. The summed E-state index contributed by atoms with van der Waals surface area (Å²) in [5.41, 5.74) is 1.21. The van der Waals surface area contributed by atoms with E-state index in [0.29, 0.717) is 6.54 Å². The fraction of sp³-hybridized carbons (Fsp3) is 0.308. The molecule has 0 aromatic carbocycles. The minimum atomic E-state index is -0.701. The van der Waals surface area contributed by atoms with E-state index in [9.17, 15) is 8.78 Å². The van der Waals surface area contributed by atoms with Crippen LogP contribution in [-0.2, 0) is 6.54 Å². The number of hydrogen-bond donors (Lipinski definition) is 2. The van der Waals surface area contributed by atoms with Gasteiger partial charge in [0.25, 0.3) is 0 Å². The summed E-state index contributed by atoms with van der Waals surface area (Å²) in [6.07, 6.45) is 0. The van der Waals surface area contributed by atoms with Crippen LogP contribution in [0, 0.1) is 25.5 Å². The molecule has 0 spiro atoms. The summed E-state index contributed by atoms with van der Waals surface area (Å²) in [5, 5.41) is 5.47. The van der Waals surface area contributed by atoms with Gasteiger partial charge in [0, 0.05) is 22.9 Å². The molecule has 19 heavy (non-hydrogen) atoms. The first-order valence-electron chi connectivity index (χ1n) is 5.85. The molecule has 102 valence electrons. The van der Waals surface area contributed by atoms with Crippen molar-refractivity contribution in [3.05, 3.63) is 39.1 Å². The molecule has 3 nitrogen and oxygen atoms in total. The fourth-order valence-electron chi connectivity index (χ4n) is 1.67. The average Bonchev–Trinajstić information content (AvgIpc) is 2.68. The number of nitrogens with one attached hydrogen (secondary N) is 2. The van der Waals surface area contributed by atoms with Gasteiger partial charge in [-0.2, -0.15) is 0 Å². The SMILES string of the molecule is CNc1nc(NCc2cc(C)c(C)s2)c(F)cc1F. The van der Waals surface area contributed by atoms with E-state index in [4.69, 9.17) is 0 Å². The Morgan fingerprint density at radius 1 is 1.16 bits per heavy atom. The van der Waals surface area contributed by atoms with Gasteiger partial charge in [0.2, 0.25) is 0 Å². The topological polar surface area (TPSA) is 37.0 Å². The first kappa shape index (κ1) is 13.7. The molecule has 0 fully saturated rings. The van der Waals surface area contributed by atoms with Crippen molar-refractivity contribution in [1.29, 1.82) is 0 Å². The number of hydrogen-bond acceptors (Lipinski definition) is 4. The molecule has 0 radical (unpaired) electrons. The van der Waals surface area contributed by atoms with Gasteiger partial charge < -0.3 is 10.6 Å². The first-order valence-corrected chi connectivity index (χ1v) is 6.66. The highest BCUT2D eigenvalue weighted by Gasteiger charge is 2.11. The third-order valence-electron chi connectivity index (χ3n) is 2.81. The fourth-order valence-corrected chi connectivity index (χ4v) is 2.67. The van der Waals surface area contributed by atoms with Gasteiger partial charge in [-0.3, -0.25) is 0 Å². The van der Waals surface area contributed by atoms with Gasteiger partial charge in [-0.15, -0.1) is 11.3 Å². The third-order valence-corrected chi connectivity index (χ3v) is 3.97. The highest BCUT2D eigenvalue weighted by atomic mass is 32.1. The maximum absolute atomic E-state index is 13.6. The van der Waals surface area contributed by atoms with Crippen molar-refractivity contribution < 1.29 is 8.78 Å². The highest BCUT2D eigenvalue weighted by molar-refractivity contribution is 7.12. The van der Waals surface area contributed by atoms with E-state index in [-0.39, 0.29) is 11.6 Å². The summed E-state index contributed by atoms with van der Waals surface area (Å²) in [5.74, 6) is -1.31. The maximum Gasteiger partial charge on any atom is 0.168 e. The quantitative estimate of drug-likeness (QED) is 0.898. The molecule has 6 heteroatoms. The number of thiophene rings is 1. The Morgan fingerprint density at radius 3 is 2.42 bits per heavy atom. The van der Waals surface area contributed by atoms with E-state index in [2.05, 4.69) is 15.6 Å². The highest BCUT2D eigenvalue weighted by Crippen LogP contribution is 2.23. The number of nitrogens with zero attached hydrogens (tertiary/aromatic N) is 1. The normalized spacial score (nSPS) is 10.6. The lowest BCUT2D eigenvalue weighted by atomic mass is 10.3. The second-order valence-corrected chi connectivity index (χ2v) is 5.55. The van der Waals surface area contributed by atoms with Gasteiger partial charge in [-0.25, -0.2) is 13.8 Å². The number of anilines is 2. The van der Waals surface area contributed by atoms with Crippen molar-refractivity contribution in [2.24, 2.45) is 0 Å². The van der Waals surface area contributed by atoms with Crippen LogP contribution in [0.25, 0.3) is 0 Å². The van der Waals surface area contributed by atoms with Gasteiger partial charge >= 0.3 is 0 Å². The van der Waals surface area contributed by atoms with Crippen LogP contribution in [0.4, 0.5) is 20.4 Å². The number of rotatable bonds is 4. The number of aryl methyl sites for hydroxylation is 2. The summed E-state index contributed by atoms with van der Waals surface area (Å²) in [4.78, 5) is 6.19. The molecule has 2 heterocycles. The second-order valence-electron chi connectivity index (χ2n) is 4.20. The molecule has 0 bridgehead atoms. The molecule has 0 saturated heterocycles. The molecule has 0 unspecified atom stereocenters. The molecule has 2 aromatic rings. The van der Waals surface area contributed by atoms with Crippen LogP contribution in [0.2, 0.25) is 0 Å². The lowest BCUT2D eigenvalue weighted by Gasteiger charge is -2.08. The van der Waals surface area contributed by atoms with Crippen molar-refractivity contribution >= 4 is 23.0 Å². The average molecular weight is 283 g/mol. The van der Waals surface area contributed by atoms with E-state index in [1.165, 1.54) is 10.4 Å². The van der Waals surface area contributed by atoms with Crippen molar-refractivity contribution in [2.75, 3.05) is 17.7 Å². The maximum atomic E-state index is 13.6. The van der Waals surface area contributed by atoms with Crippen molar-refractivity contribution in [3.63, 3.8) is 0 Å². The van der Waals surface area contributed by atoms with Crippen molar-refractivity contribution in [3.8, 4) is 0 Å². The number of aromatic nitrogens is 1. The molecular weight excluding hydrogens is 268 g/mol. The van der Waals surface area contributed by atoms with Crippen LogP contribution in [0.5, 0.6) is 0 Å². The Bertz CT molecular complexity index is 576. The second kappa shape index (κ2) is 5.52. The van der Waals surface area contributed by atoms with Gasteiger partial charge in [0.05, 0.1) is 6.54 Å². The Balaban J connectivity index is 2.15. The van der Waals surface area contributed by atoms with Crippen LogP contribution >= 0.6 is 11.3 Å². The zero-order chi connectivity index (χ0) is 14.0. The molecule has 0 saturated carbocycles. The Kier molecular flexibility index (Phi) is 3.99. The summed E-state index contributed by atoms with van der Waals surface area (Å²) >= 11 is 1.65. The minimum absolute atomic E-state index is 0.0300. The predicted molar refractivity (Wildman–Crippen MR) is 74.8 cm³/mol. The smallest absolute Gasteiger partial charge is 0.168 e. The summed E-state index contributed by atoms with van der Waals surface area (Å²) in [6, 6.07) is 2.87. The van der Waals surface area contributed by atoms with E-state index in [0.717, 1.165) is 10.9 Å². The van der Waals surface area contributed by atoms with Crippen molar-refractivity contribution in [1.82, 2.24) is 4.98 Å². The Hall–Kier alpha value is -1.69. The Labute approximate surface area is 114 Å². The number of pyridine rings is 1. The van der Waals surface area contributed by atoms with Gasteiger partial charge in [-0.1, -0.05) is 0 Å². The van der Waals surface area contributed by atoms with Gasteiger partial charge in [0.15, 0.2) is 23.3 Å². The Morgan fingerprint density at radius 2 is 1.84 bits per heavy atom. The molecule has 2 rings (SSSR count). The lowest BCUT2D eigenvalue weighted by molar-refractivity contribution is 0.579. The predicted octanol–water partition coefficient (Wildman–Crippen LogP) is 3.69. The van der Waals surface area contributed by atoms with E-state index in [1.807, 2.05) is 19.9 Å². The zero-order valence-corrected chi connectivity index (χ0v) is 11.8. The molecule has 0 atom stereocenters. The van der Waals surface area contributed by atoms with Crippen LogP contribution in [0.15, 0.2) is 12.1 Å². The molecule has 0 amide bonds. The first-order chi connectivity index (χ1) is 9.01. The molecular formula is C13H15F2N3S. The van der Waals surface area contributed by atoms with E-state index >= 15 is 0 Å². The largest absolute Gasteiger partial charge is 0.371 e. The lowest BCUT2D eigenvalue weighted by Crippen LogP contribution is -2.06. The minimum Gasteiger partial charge on any atom is -0.371 e. The molecule has 2 aromatic heterocycles. The molecule has 0 aliphatic heterocycles. The van der Waals surface area contributed by atoms with E-state index < -0.39 is 11.6 Å². The van der Waals surface area contributed by atoms with Crippen molar-refractivity contribution in [2.45, 2.75) is 20.4 Å². The molecule has 0 aliphatic rings. The summed E-state index contributed by atoms with van der Waals surface area (Å²) in [6.45, 7) is 4.54. The van der Waals surface area contributed by atoms with Crippen LogP contribution < -0.4 is 10.6 Å².